The van der Waals surface area contributed by atoms with Crippen molar-refractivity contribution in [2.75, 3.05) is 5.75 Å². The third-order valence-electron chi connectivity index (χ3n) is 3.36. The molecule has 0 unspecified atom stereocenters. The van der Waals surface area contributed by atoms with Crippen LogP contribution in [0.4, 0.5) is 0 Å². The molecule has 2 aromatic rings. The lowest BCUT2D eigenvalue weighted by Crippen LogP contribution is -2.22. The Morgan fingerprint density at radius 2 is 1.38 bits per heavy atom. The molecule has 112 valence electrons. The SMILES string of the molecule is C[Si](C)(C)CC[S@](=O)c1ccc(-c2ccc(O)cc2)cc1. The minimum absolute atomic E-state index is 0.267. The first-order valence-corrected chi connectivity index (χ1v) is 12.2. The zero-order chi connectivity index (χ0) is 15.5. The van der Waals surface area contributed by atoms with E-state index in [1.54, 1.807) is 12.1 Å². The molecule has 0 aliphatic carbocycles. The smallest absolute Gasteiger partial charge is 0.115 e. The van der Waals surface area contributed by atoms with Gasteiger partial charge in [0.1, 0.15) is 5.75 Å². The van der Waals surface area contributed by atoms with Gasteiger partial charge in [-0.2, -0.15) is 0 Å². The Morgan fingerprint density at radius 3 is 1.86 bits per heavy atom. The second-order valence-corrected chi connectivity index (χ2v) is 13.6. The molecule has 0 aliphatic heterocycles. The van der Waals surface area contributed by atoms with Crippen LogP contribution < -0.4 is 0 Å². The molecule has 0 bridgehead atoms. The number of aromatic hydroxyl groups is 1. The van der Waals surface area contributed by atoms with Gasteiger partial charge in [0.15, 0.2) is 0 Å². The molecule has 2 aromatic carbocycles. The lowest BCUT2D eigenvalue weighted by molar-refractivity contribution is 0.475. The van der Waals surface area contributed by atoms with Crippen LogP contribution in [0.15, 0.2) is 53.4 Å². The van der Waals surface area contributed by atoms with Crippen LogP contribution in [-0.2, 0) is 10.8 Å². The third-order valence-corrected chi connectivity index (χ3v) is 6.84. The van der Waals surface area contributed by atoms with E-state index in [1.807, 2.05) is 36.4 Å². The highest BCUT2D eigenvalue weighted by atomic mass is 32.2. The van der Waals surface area contributed by atoms with Crippen LogP contribution in [0.3, 0.4) is 0 Å². The predicted octanol–water partition coefficient (Wildman–Crippen LogP) is 4.51. The number of rotatable bonds is 5. The Bertz CT molecular complexity index is 613. The minimum atomic E-state index is -1.14. The second kappa shape index (κ2) is 6.58. The maximum absolute atomic E-state index is 12.3. The molecule has 0 saturated carbocycles. The van der Waals surface area contributed by atoms with Crippen LogP contribution in [0.5, 0.6) is 5.75 Å². The van der Waals surface area contributed by atoms with Crippen molar-refractivity contribution < 1.29 is 9.32 Å². The van der Waals surface area contributed by atoms with E-state index in [0.717, 1.165) is 27.8 Å². The summed E-state index contributed by atoms with van der Waals surface area (Å²) in [6, 6.07) is 16.1. The van der Waals surface area contributed by atoms with Crippen molar-refractivity contribution >= 4 is 18.9 Å². The molecule has 21 heavy (non-hydrogen) atoms. The van der Waals surface area contributed by atoms with Crippen LogP contribution in [0, 0.1) is 0 Å². The van der Waals surface area contributed by atoms with Crippen molar-refractivity contribution in [3.8, 4) is 16.9 Å². The van der Waals surface area contributed by atoms with Crippen molar-refractivity contribution in [1.29, 1.82) is 0 Å². The standard InChI is InChI=1S/C17H22O2SSi/c1-21(2,3)13-12-20(19)17-10-6-15(7-11-17)14-4-8-16(18)9-5-14/h4-11,18H,12-13H2,1-3H3/t20-/m0/s1. The summed E-state index contributed by atoms with van der Waals surface area (Å²) in [5.41, 5.74) is 2.12. The zero-order valence-corrected chi connectivity index (χ0v) is 14.6. The van der Waals surface area contributed by atoms with Crippen molar-refractivity contribution in [1.82, 2.24) is 0 Å². The number of benzene rings is 2. The molecule has 0 aliphatic rings. The number of phenols is 1. The topological polar surface area (TPSA) is 37.3 Å². The number of hydrogen-bond donors (Lipinski definition) is 1. The predicted molar refractivity (Wildman–Crippen MR) is 93.0 cm³/mol. The van der Waals surface area contributed by atoms with Crippen molar-refractivity contribution in [3.63, 3.8) is 0 Å². The van der Waals surface area contributed by atoms with Gasteiger partial charge in [0.2, 0.25) is 0 Å². The maximum Gasteiger partial charge on any atom is 0.115 e. The lowest BCUT2D eigenvalue weighted by atomic mass is 10.1. The average Bonchev–Trinajstić information content (AvgIpc) is 2.45. The third kappa shape index (κ3) is 4.83. The molecule has 0 radical (unpaired) electrons. The fraction of sp³-hybridized carbons (Fsp3) is 0.294. The zero-order valence-electron chi connectivity index (χ0n) is 12.8. The van der Waals surface area contributed by atoms with Gasteiger partial charge in [-0.25, -0.2) is 0 Å². The first kappa shape index (κ1) is 16.0. The summed E-state index contributed by atoms with van der Waals surface area (Å²) in [5, 5.41) is 9.31. The largest absolute Gasteiger partial charge is 0.508 e. The maximum atomic E-state index is 12.3. The quantitative estimate of drug-likeness (QED) is 0.824. The molecule has 2 nitrogen and oxygen atoms in total. The van der Waals surface area contributed by atoms with E-state index in [2.05, 4.69) is 19.6 Å². The Balaban J connectivity index is 2.08. The van der Waals surface area contributed by atoms with Crippen LogP contribution in [0.2, 0.25) is 25.7 Å². The highest BCUT2D eigenvalue weighted by Crippen LogP contribution is 2.23. The summed E-state index contributed by atoms with van der Waals surface area (Å²) in [5.74, 6) is 1.02. The highest BCUT2D eigenvalue weighted by Gasteiger charge is 2.15. The summed E-state index contributed by atoms with van der Waals surface area (Å²) in [4.78, 5) is 0.899. The van der Waals surface area contributed by atoms with Gasteiger partial charge in [0, 0.05) is 18.7 Å². The van der Waals surface area contributed by atoms with Crippen LogP contribution in [0.1, 0.15) is 0 Å². The molecular weight excluding hydrogens is 296 g/mol. The Labute approximate surface area is 130 Å². The minimum Gasteiger partial charge on any atom is -0.508 e. The van der Waals surface area contributed by atoms with Crippen molar-refractivity contribution in [3.05, 3.63) is 48.5 Å². The van der Waals surface area contributed by atoms with E-state index in [-0.39, 0.29) is 5.75 Å². The van der Waals surface area contributed by atoms with Gasteiger partial charge in [-0.1, -0.05) is 43.9 Å². The monoisotopic (exact) mass is 318 g/mol. The molecule has 1 N–H and O–H groups in total. The van der Waals surface area contributed by atoms with E-state index >= 15 is 0 Å². The normalized spacial score (nSPS) is 13.1. The number of phenolic OH excluding ortho intramolecular Hbond substituents is 1. The molecule has 0 heterocycles. The molecule has 0 fully saturated rings. The van der Waals surface area contributed by atoms with E-state index < -0.39 is 18.9 Å². The summed E-state index contributed by atoms with van der Waals surface area (Å²) < 4.78 is 12.3. The second-order valence-electron chi connectivity index (χ2n) is 6.43. The summed E-state index contributed by atoms with van der Waals surface area (Å²) in [6.45, 7) is 6.91. The Kier molecular flexibility index (Phi) is 5.01. The fourth-order valence-electron chi connectivity index (χ4n) is 1.97. The van der Waals surface area contributed by atoms with E-state index in [9.17, 15) is 9.32 Å². The van der Waals surface area contributed by atoms with Gasteiger partial charge in [-0.05, 0) is 41.4 Å². The molecule has 0 aromatic heterocycles. The summed E-state index contributed by atoms with van der Waals surface area (Å²) in [6.07, 6.45) is 0. The molecule has 2 rings (SSSR count). The first-order valence-electron chi connectivity index (χ1n) is 7.13. The Morgan fingerprint density at radius 1 is 0.905 bits per heavy atom. The van der Waals surface area contributed by atoms with Gasteiger partial charge < -0.3 is 5.11 Å². The summed E-state index contributed by atoms with van der Waals surface area (Å²) >= 11 is 0. The molecule has 0 spiro atoms. The molecular formula is C17H22O2SSi. The summed E-state index contributed by atoms with van der Waals surface area (Å²) in [7, 11) is -2.04. The van der Waals surface area contributed by atoms with Gasteiger partial charge >= 0.3 is 0 Å². The first-order chi connectivity index (χ1) is 9.85. The van der Waals surface area contributed by atoms with Crippen LogP contribution in [0.25, 0.3) is 11.1 Å². The molecule has 0 saturated heterocycles. The lowest BCUT2D eigenvalue weighted by Gasteiger charge is -2.15. The van der Waals surface area contributed by atoms with E-state index in [1.165, 1.54) is 0 Å². The van der Waals surface area contributed by atoms with Gasteiger partial charge in [-0.3, -0.25) is 4.21 Å². The fourth-order valence-corrected chi connectivity index (χ4v) is 5.84. The molecule has 0 amide bonds. The van der Waals surface area contributed by atoms with Crippen LogP contribution in [-0.4, -0.2) is 23.1 Å². The van der Waals surface area contributed by atoms with Gasteiger partial charge in [0.05, 0.1) is 10.8 Å². The molecule has 1 atom stereocenters. The van der Waals surface area contributed by atoms with E-state index in [4.69, 9.17) is 0 Å². The van der Waals surface area contributed by atoms with E-state index in [0.29, 0.717) is 0 Å². The van der Waals surface area contributed by atoms with Crippen LogP contribution >= 0.6 is 0 Å². The van der Waals surface area contributed by atoms with Crippen molar-refractivity contribution in [2.45, 2.75) is 30.6 Å². The van der Waals surface area contributed by atoms with Gasteiger partial charge in [0.25, 0.3) is 0 Å². The number of hydrogen-bond acceptors (Lipinski definition) is 2. The van der Waals surface area contributed by atoms with Crippen molar-refractivity contribution in [2.24, 2.45) is 0 Å². The Hall–Kier alpha value is -1.39. The highest BCUT2D eigenvalue weighted by molar-refractivity contribution is 7.85. The molecule has 4 heteroatoms. The van der Waals surface area contributed by atoms with Gasteiger partial charge in [-0.15, -0.1) is 0 Å². The average molecular weight is 319 g/mol.